The van der Waals surface area contributed by atoms with E-state index in [4.69, 9.17) is 25.8 Å². The van der Waals surface area contributed by atoms with Gasteiger partial charge in [0.1, 0.15) is 24.7 Å². The fourth-order valence-electron chi connectivity index (χ4n) is 4.40. The van der Waals surface area contributed by atoms with Gasteiger partial charge in [0.2, 0.25) is 0 Å². The van der Waals surface area contributed by atoms with E-state index in [1.807, 2.05) is 42.5 Å². The zero-order valence-electron chi connectivity index (χ0n) is 20.1. The molecule has 0 saturated carbocycles. The highest BCUT2D eigenvalue weighted by Gasteiger charge is 2.23. The summed E-state index contributed by atoms with van der Waals surface area (Å²) in [4.78, 5) is 27.3. The second kappa shape index (κ2) is 9.64. The van der Waals surface area contributed by atoms with Crippen LogP contribution in [-0.2, 0) is 7.05 Å². The van der Waals surface area contributed by atoms with Crippen LogP contribution in [0.15, 0.2) is 76.0 Å². The third-order valence-electron chi connectivity index (χ3n) is 6.17. The number of aromatic amines is 1. The maximum absolute atomic E-state index is 13.4. The van der Waals surface area contributed by atoms with Gasteiger partial charge in [0.15, 0.2) is 23.4 Å². The Balaban J connectivity index is 1.24. The summed E-state index contributed by atoms with van der Waals surface area (Å²) in [6, 6.07) is 19.7. The number of aromatic nitrogens is 3. The summed E-state index contributed by atoms with van der Waals surface area (Å²) in [6.07, 6.45) is -0.283. The summed E-state index contributed by atoms with van der Waals surface area (Å²) in [5.74, 6) is 1.07. The molecule has 2 N–H and O–H groups in total. The van der Waals surface area contributed by atoms with Crippen LogP contribution in [0.25, 0.3) is 22.3 Å². The fraction of sp³-hybridized carbons (Fsp3) is 0.148. The van der Waals surface area contributed by atoms with Crippen LogP contribution < -0.4 is 25.3 Å². The van der Waals surface area contributed by atoms with Crippen LogP contribution in [0.4, 0.5) is 5.69 Å². The molecule has 1 aliphatic rings. The number of benzene rings is 3. The molecule has 0 radical (unpaired) electrons. The Hall–Kier alpha value is -4.70. The average Bonchev–Trinajstić information content (AvgIpc) is 3.51. The minimum Gasteiger partial charge on any atom is -0.487 e. The molecule has 38 heavy (non-hydrogen) atoms. The molecule has 0 saturated heterocycles. The van der Waals surface area contributed by atoms with E-state index < -0.39 is 5.76 Å². The van der Waals surface area contributed by atoms with Gasteiger partial charge in [-0.05, 0) is 42.5 Å². The van der Waals surface area contributed by atoms with Gasteiger partial charge in [-0.3, -0.25) is 14.3 Å². The number of hydrogen-bond acceptors (Lipinski definition) is 7. The monoisotopic (exact) mass is 532 g/mol. The molecule has 3 heterocycles. The first kappa shape index (κ1) is 23.7. The first-order valence-corrected chi connectivity index (χ1v) is 12.1. The van der Waals surface area contributed by atoms with Crippen LogP contribution in [0.5, 0.6) is 17.2 Å². The largest absolute Gasteiger partial charge is 0.487 e. The van der Waals surface area contributed by atoms with Crippen molar-refractivity contribution < 1.29 is 23.5 Å². The summed E-state index contributed by atoms with van der Waals surface area (Å²) in [5.41, 5.74) is 1.97. The van der Waals surface area contributed by atoms with Crippen LogP contribution in [0.3, 0.4) is 0 Å². The van der Waals surface area contributed by atoms with Crippen LogP contribution in [-0.4, -0.2) is 39.9 Å². The number of hydrogen-bond donors (Lipinski definition) is 2. The lowest BCUT2D eigenvalue weighted by atomic mass is 10.1. The highest BCUT2D eigenvalue weighted by atomic mass is 35.5. The van der Waals surface area contributed by atoms with Gasteiger partial charge in [-0.25, -0.2) is 4.79 Å². The molecule has 5 aromatic rings. The quantitative estimate of drug-likeness (QED) is 0.326. The first-order chi connectivity index (χ1) is 18.5. The predicted octanol–water partition coefficient (Wildman–Crippen LogP) is 4.65. The molecular formula is C27H21ClN4O6. The summed E-state index contributed by atoms with van der Waals surface area (Å²) < 4.78 is 24.3. The van der Waals surface area contributed by atoms with E-state index in [0.717, 1.165) is 10.9 Å². The van der Waals surface area contributed by atoms with Crippen molar-refractivity contribution in [3.63, 3.8) is 0 Å². The molecule has 3 aromatic carbocycles. The van der Waals surface area contributed by atoms with Gasteiger partial charge in [-0.2, -0.15) is 0 Å². The minimum absolute atomic E-state index is 0.150. The van der Waals surface area contributed by atoms with Gasteiger partial charge in [-0.15, -0.1) is 0 Å². The van der Waals surface area contributed by atoms with E-state index in [9.17, 15) is 9.59 Å². The Morgan fingerprint density at radius 1 is 1.16 bits per heavy atom. The molecule has 6 rings (SSSR count). The van der Waals surface area contributed by atoms with Gasteiger partial charge < -0.3 is 24.1 Å². The maximum Gasteiger partial charge on any atom is 0.439 e. The Morgan fingerprint density at radius 2 is 2.00 bits per heavy atom. The average molecular weight is 533 g/mol. The van der Waals surface area contributed by atoms with E-state index >= 15 is 0 Å². The number of para-hydroxylation sites is 3. The number of aryl methyl sites for hydroxylation is 1. The second-order valence-electron chi connectivity index (χ2n) is 8.68. The summed E-state index contributed by atoms with van der Waals surface area (Å²) >= 11 is 6.14. The van der Waals surface area contributed by atoms with E-state index in [2.05, 4.69) is 20.0 Å². The van der Waals surface area contributed by atoms with Crippen LogP contribution in [0, 0.1) is 0 Å². The highest BCUT2D eigenvalue weighted by molar-refractivity contribution is 6.31. The SMILES string of the molecule is Cn1c(C(=O)Nc2ccc(Cl)cc2-c2noc(=O)[nH]2)cc2cccc(OCC3COc4ccccc4O3)c21. The fourth-order valence-corrected chi connectivity index (χ4v) is 4.57. The van der Waals surface area contributed by atoms with Crippen molar-refractivity contribution in [1.82, 2.24) is 14.7 Å². The van der Waals surface area contributed by atoms with Crippen molar-refractivity contribution in [3.8, 4) is 28.6 Å². The summed E-state index contributed by atoms with van der Waals surface area (Å²) in [6.45, 7) is 0.637. The van der Waals surface area contributed by atoms with E-state index in [1.165, 1.54) is 0 Å². The number of rotatable bonds is 6. The molecule has 1 atom stereocenters. The smallest absolute Gasteiger partial charge is 0.439 e. The Morgan fingerprint density at radius 3 is 2.82 bits per heavy atom. The van der Waals surface area contributed by atoms with Crippen molar-refractivity contribution in [1.29, 1.82) is 0 Å². The van der Waals surface area contributed by atoms with Gasteiger partial charge in [0, 0.05) is 23.0 Å². The number of ether oxygens (including phenoxy) is 3. The number of H-pyrrole nitrogens is 1. The van der Waals surface area contributed by atoms with Crippen molar-refractivity contribution in [2.24, 2.45) is 7.05 Å². The van der Waals surface area contributed by atoms with E-state index in [-0.39, 0.29) is 24.4 Å². The zero-order valence-corrected chi connectivity index (χ0v) is 20.8. The van der Waals surface area contributed by atoms with Crippen molar-refractivity contribution in [3.05, 3.63) is 88.0 Å². The van der Waals surface area contributed by atoms with Crippen molar-refractivity contribution in [2.45, 2.75) is 6.10 Å². The molecule has 0 bridgehead atoms. The lowest BCUT2D eigenvalue weighted by Gasteiger charge is -2.26. The maximum atomic E-state index is 13.4. The number of nitrogens with one attached hydrogen (secondary N) is 2. The molecule has 11 heteroatoms. The Kier molecular flexibility index (Phi) is 6.01. The summed E-state index contributed by atoms with van der Waals surface area (Å²) in [7, 11) is 1.79. The van der Waals surface area contributed by atoms with Crippen LogP contribution in [0.2, 0.25) is 5.02 Å². The topological polar surface area (TPSA) is 121 Å². The molecule has 0 spiro atoms. The number of fused-ring (bicyclic) bond motifs is 2. The number of amides is 1. The number of nitrogens with zero attached hydrogens (tertiary/aromatic N) is 2. The molecule has 1 amide bonds. The molecule has 192 valence electrons. The van der Waals surface area contributed by atoms with Crippen molar-refractivity contribution in [2.75, 3.05) is 18.5 Å². The number of carbonyl (C=O) groups is 1. The van der Waals surface area contributed by atoms with Crippen LogP contribution >= 0.6 is 11.6 Å². The lowest BCUT2D eigenvalue weighted by Crippen LogP contribution is -2.34. The molecular weight excluding hydrogens is 512 g/mol. The van der Waals surface area contributed by atoms with E-state index in [0.29, 0.717) is 45.8 Å². The highest BCUT2D eigenvalue weighted by Crippen LogP contribution is 2.33. The number of carbonyl (C=O) groups excluding carboxylic acids is 1. The molecule has 1 aliphatic heterocycles. The molecule has 10 nitrogen and oxygen atoms in total. The third-order valence-corrected chi connectivity index (χ3v) is 6.40. The third kappa shape index (κ3) is 4.46. The normalized spacial score (nSPS) is 14.4. The van der Waals surface area contributed by atoms with Gasteiger partial charge in [0.25, 0.3) is 5.91 Å². The first-order valence-electron chi connectivity index (χ1n) is 11.7. The predicted molar refractivity (Wildman–Crippen MR) is 140 cm³/mol. The number of anilines is 1. The van der Waals surface area contributed by atoms with Gasteiger partial charge in [-0.1, -0.05) is 41.0 Å². The molecule has 0 aliphatic carbocycles. The summed E-state index contributed by atoms with van der Waals surface area (Å²) in [5, 5.41) is 7.82. The van der Waals surface area contributed by atoms with Gasteiger partial charge in [0.05, 0.1) is 11.2 Å². The standard InChI is InChI=1S/C27H21ClN4O6/c1-32-20(26(33)29-19-10-9-16(28)12-18(19)25-30-27(34)38-31-25)11-15-5-4-8-23(24(15)32)36-14-17-13-35-21-6-2-3-7-22(21)37-17/h2-12,17H,13-14H2,1H3,(H,29,33)(H,30,31,34). The number of halogens is 1. The van der Waals surface area contributed by atoms with Crippen LogP contribution in [0.1, 0.15) is 10.5 Å². The second-order valence-corrected chi connectivity index (χ2v) is 9.12. The molecule has 1 unspecified atom stereocenters. The Bertz CT molecular complexity index is 1720. The van der Waals surface area contributed by atoms with Gasteiger partial charge >= 0.3 is 5.76 Å². The van der Waals surface area contributed by atoms with Crippen molar-refractivity contribution >= 4 is 34.1 Å². The Labute approximate surface area is 220 Å². The lowest BCUT2D eigenvalue weighted by molar-refractivity contribution is 0.0539. The van der Waals surface area contributed by atoms with E-state index in [1.54, 1.807) is 35.9 Å². The zero-order chi connectivity index (χ0) is 26.2. The molecule has 2 aromatic heterocycles. The molecule has 0 fully saturated rings. The minimum atomic E-state index is -0.715.